The first-order chi connectivity index (χ1) is 13.5. The third kappa shape index (κ3) is 3.69. The number of H-pyrrole nitrogens is 1. The van der Waals surface area contributed by atoms with Crippen molar-refractivity contribution in [1.82, 2.24) is 15.2 Å². The predicted molar refractivity (Wildman–Crippen MR) is 112 cm³/mol. The molecule has 2 aromatic carbocycles. The highest BCUT2D eigenvalue weighted by Crippen LogP contribution is 2.31. The summed E-state index contributed by atoms with van der Waals surface area (Å²) in [6.07, 6.45) is 5.08. The molecule has 4 rings (SSSR count). The summed E-state index contributed by atoms with van der Waals surface area (Å²) in [7, 11) is 0. The molecule has 0 saturated heterocycles. The molecule has 0 spiro atoms. The molecule has 2 aromatic heterocycles. The second-order valence-electron chi connectivity index (χ2n) is 7.86. The van der Waals surface area contributed by atoms with Crippen molar-refractivity contribution in [2.24, 2.45) is 0 Å². The molecule has 0 atom stereocenters. The zero-order valence-electron chi connectivity index (χ0n) is 16.4. The molecule has 0 aliphatic rings. The van der Waals surface area contributed by atoms with E-state index in [9.17, 15) is 0 Å². The highest BCUT2D eigenvalue weighted by Gasteiger charge is 2.20. The van der Waals surface area contributed by atoms with Crippen LogP contribution in [0.1, 0.15) is 32.0 Å². The minimum absolute atomic E-state index is 0.0313. The van der Waals surface area contributed by atoms with E-state index in [-0.39, 0.29) is 5.41 Å². The van der Waals surface area contributed by atoms with Crippen molar-refractivity contribution in [3.63, 3.8) is 0 Å². The Hall–Kier alpha value is -3.34. The van der Waals surface area contributed by atoms with Gasteiger partial charge in [0.15, 0.2) is 12.2 Å². The molecule has 0 aliphatic carbocycles. The standard InChI is InChI=1S/C23H24N4O/c1-23(2,3)22-18(13-26-27-22)12-25-20-7-5-4-6-19(20)16-8-10-17(11-9-16)21-14-24-15-28-21/h4-11,13-15,25H,12H2,1-3H3,(H,26,27). The van der Waals surface area contributed by atoms with Crippen LogP contribution in [0, 0.1) is 0 Å². The van der Waals surface area contributed by atoms with Gasteiger partial charge >= 0.3 is 0 Å². The minimum atomic E-state index is 0.0313. The first-order valence-electron chi connectivity index (χ1n) is 9.37. The Kier molecular flexibility index (Phi) is 4.74. The molecule has 0 radical (unpaired) electrons. The first kappa shape index (κ1) is 18.0. The molecular formula is C23H24N4O. The summed E-state index contributed by atoms with van der Waals surface area (Å²) in [5.74, 6) is 0.771. The second-order valence-corrected chi connectivity index (χ2v) is 7.86. The van der Waals surface area contributed by atoms with E-state index in [1.807, 2.05) is 6.20 Å². The molecule has 0 saturated carbocycles. The molecule has 2 N–H and O–H groups in total. The lowest BCUT2D eigenvalue weighted by atomic mass is 9.89. The maximum absolute atomic E-state index is 5.38. The number of benzene rings is 2. The minimum Gasteiger partial charge on any atom is -0.444 e. The monoisotopic (exact) mass is 372 g/mol. The average Bonchev–Trinajstić information content (AvgIpc) is 3.38. The summed E-state index contributed by atoms with van der Waals surface area (Å²) >= 11 is 0. The lowest BCUT2D eigenvalue weighted by Crippen LogP contribution is -2.15. The van der Waals surface area contributed by atoms with Crippen LogP contribution in [0.5, 0.6) is 0 Å². The van der Waals surface area contributed by atoms with E-state index in [0.717, 1.165) is 40.4 Å². The number of aromatic nitrogens is 3. The van der Waals surface area contributed by atoms with Crippen molar-refractivity contribution in [1.29, 1.82) is 0 Å². The van der Waals surface area contributed by atoms with Crippen LogP contribution in [0.25, 0.3) is 22.5 Å². The summed E-state index contributed by atoms with van der Waals surface area (Å²) in [6.45, 7) is 7.28. The zero-order chi connectivity index (χ0) is 19.6. The highest BCUT2D eigenvalue weighted by molar-refractivity contribution is 5.79. The Bertz CT molecular complexity index is 1040. The van der Waals surface area contributed by atoms with Crippen LogP contribution in [0.3, 0.4) is 0 Å². The van der Waals surface area contributed by atoms with Crippen LogP contribution in [-0.2, 0) is 12.0 Å². The Morgan fingerprint density at radius 2 is 1.71 bits per heavy atom. The highest BCUT2D eigenvalue weighted by atomic mass is 16.3. The summed E-state index contributed by atoms with van der Waals surface area (Å²) in [4.78, 5) is 3.98. The summed E-state index contributed by atoms with van der Waals surface area (Å²) < 4.78 is 5.38. The van der Waals surface area contributed by atoms with Gasteiger partial charge in [0.2, 0.25) is 0 Å². The number of hydrogen-bond donors (Lipinski definition) is 2. The van der Waals surface area contributed by atoms with E-state index in [2.05, 4.69) is 89.8 Å². The molecule has 2 heterocycles. The predicted octanol–water partition coefficient (Wildman–Crippen LogP) is 5.64. The van der Waals surface area contributed by atoms with Crippen LogP contribution in [0.2, 0.25) is 0 Å². The Labute approximate surface area is 164 Å². The van der Waals surface area contributed by atoms with E-state index in [0.29, 0.717) is 0 Å². The maximum Gasteiger partial charge on any atom is 0.181 e. The van der Waals surface area contributed by atoms with Crippen LogP contribution in [0.4, 0.5) is 5.69 Å². The molecule has 5 heteroatoms. The number of rotatable bonds is 5. The van der Waals surface area contributed by atoms with Crippen molar-refractivity contribution < 1.29 is 4.42 Å². The van der Waals surface area contributed by atoms with Gasteiger partial charge in [-0.25, -0.2) is 4.98 Å². The molecular weight excluding hydrogens is 348 g/mol. The lowest BCUT2D eigenvalue weighted by molar-refractivity contribution is 0.561. The molecule has 0 unspecified atom stereocenters. The smallest absolute Gasteiger partial charge is 0.181 e. The summed E-state index contributed by atoms with van der Waals surface area (Å²) in [5, 5.41) is 11.0. The molecule has 0 aliphatic heterocycles. The van der Waals surface area contributed by atoms with Gasteiger partial charge in [-0.2, -0.15) is 5.10 Å². The van der Waals surface area contributed by atoms with Crippen molar-refractivity contribution in [2.45, 2.75) is 32.7 Å². The van der Waals surface area contributed by atoms with Gasteiger partial charge in [-0.05, 0) is 11.6 Å². The normalized spacial score (nSPS) is 11.5. The number of hydrogen-bond acceptors (Lipinski definition) is 4. The number of anilines is 1. The molecule has 28 heavy (non-hydrogen) atoms. The fraction of sp³-hybridized carbons (Fsp3) is 0.217. The fourth-order valence-electron chi connectivity index (χ4n) is 3.35. The van der Waals surface area contributed by atoms with Gasteiger partial charge in [-0.3, -0.25) is 5.10 Å². The van der Waals surface area contributed by atoms with E-state index in [1.165, 1.54) is 12.0 Å². The molecule has 0 bridgehead atoms. The van der Waals surface area contributed by atoms with Crippen molar-refractivity contribution in [3.8, 4) is 22.5 Å². The maximum atomic E-state index is 5.38. The van der Waals surface area contributed by atoms with Crippen molar-refractivity contribution in [2.75, 3.05) is 5.32 Å². The number of nitrogens with one attached hydrogen (secondary N) is 2. The number of oxazole rings is 1. The first-order valence-corrected chi connectivity index (χ1v) is 9.37. The quantitative estimate of drug-likeness (QED) is 0.476. The van der Waals surface area contributed by atoms with Gasteiger partial charge < -0.3 is 9.73 Å². The summed E-state index contributed by atoms with van der Waals surface area (Å²) in [5.41, 5.74) is 6.79. The largest absolute Gasteiger partial charge is 0.444 e. The van der Waals surface area contributed by atoms with E-state index < -0.39 is 0 Å². The molecule has 0 fully saturated rings. The van der Waals surface area contributed by atoms with E-state index in [4.69, 9.17) is 4.42 Å². The number of nitrogens with zero attached hydrogens (tertiary/aromatic N) is 2. The molecule has 0 amide bonds. The van der Waals surface area contributed by atoms with Crippen molar-refractivity contribution in [3.05, 3.63) is 78.6 Å². The third-order valence-electron chi connectivity index (χ3n) is 4.78. The second kappa shape index (κ2) is 7.35. The summed E-state index contributed by atoms with van der Waals surface area (Å²) in [6, 6.07) is 16.7. The van der Waals surface area contributed by atoms with E-state index in [1.54, 1.807) is 6.20 Å². The Balaban J connectivity index is 1.57. The number of aromatic amines is 1. The fourth-order valence-corrected chi connectivity index (χ4v) is 3.35. The van der Waals surface area contributed by atoms with Gasteiger partial charge in [-0.15, -0.1) is 0 Å². The zero-order valence-corrected chi connectivity index (χ0v) is 16.4. The van der Waals surface area contributed by atoms with Gasteiger partial charge in [0.1, 0.15) is 0 Å². The van der Waals surface area contributed by atoms with Crippen molar-refractivity contribution >= 4 is 5.69 Å². The Morgan fingerprint density at radius 1 is 0.964 bits per heavy atom. The Morgan fingerprint density at radius 3 is 2.43 bits per heavy atom. The van der Waals surface area contributed by atoms with E-state index >= 15 is 0 Å². The topological polar surface area (TPSA) is 66.7 Å². The molecule has 4 aromatic rings. The van der Waals surface area contributed by atoms with Gasteiger partial charge in [0.25, 0.3) is 0 Å². The number of para-hydroxylation sites is 1. The third-order valence-corrected chi connectivity index (χ3v) is 4.78. The van der Waals surface area contributed by atoms with Crippen LogP contribution in [0.15, 0.2) is 71.7 Å². The average molecular weight is 372 g/mol. The van der Waals surface area contributed by atoms with Gasteiger partial charge in [-0.1, -0.05) is 63.2 Å². The SMILES string of the molecule is CC(C)(C)c1[nH]ncc1CNc1ccccc1-c1ccc(-c2cnco2)cc1. The van der Waals surface area contributed by atoms with Gasteiger partial charge in [0, 0.05) is 40.0 Å². The lowest BCUT2D eigenvalue weighted by Gasteiger charge is -2.19. The van der Waals surface area contributed by atoms with Crippen LogP contribution in [-0.4, -0.2) is 15.2 Å². The molecule has 5 nitrogen and oxygen atoms in total. The van der Waals surface area contributed by atoms with Crippen LogP contribution < -0.4 is 5.32 Å². The molecule has 142 valence electrons. The van der Waals surface area contributed by atoms with Gasteiger partial charge in [0.05, 0.1) is 12.4 Å². The van der Waals surface area contributed by atoms with Crippen LogP contribution >= 0.6 is 0 Å².